The first-order valence-corrected chi connectivity index (χ1v) is 9.03. The number of hydrogen-bond donors (Lipinski definition) is 2. The third kappa shape index (κ3) is 5.45. The van der Waals surface area contributed by atoms with E-state index < -0.39 is 17.8 Å². The first kappa shape index (κ1) is 21.2. The predicted molar refractivity (Wildman–Crippen MR) is 105 cm³/mol. The van der Waals surface area contributed by atoms with Gasteiger partial charge in [0.1, 0.15) is 23.4 Å². The number of carbonyl (C=O) groups excluding carboxylic acids is 2. The molecule has 0 fully saturated rings. The molecular formula is C21H25FN2O4. The van der Waals surface area contributed by atoms with Crippen molar-refractivity contribution in [3.05, 3.63) is 53.8 Å². The van der Waals surface area contributed by atoms with Gasteiger partial charge in [0.25, 0.3) is 5.91 Å². The molecule has 0 aliphatic heterocycles. The summed E-state index contributed by atoms with van der Waals surface area (Å²) in [6, 6.07) is 9.71. The van der Waals surface area contributed by atoms with Crippen LogP contribution in [-0.2, 0) is 4.79 Å². The number of ether oxygens (including phenoxy) is 2. The molecule has 2 amide bonds. The second-order valence-corrected chi connectivity index (χ2v) is 6.49. The molecule has 28 heavy (non-hydrogen) atoms. The molecule has 0 saturated carbocycles. The molecule has 6 nitrogen and oxygen atoms in total. The first-order valence-electron chi connectivity index (χ1n) is 9.03. The Morgan fingerprint density at radius 3 is 2.36 bits per heavy atom. The first-order chi connectivity index (χ1) is 13.3. The normalized spacial score (nSPS) is 11.6. The van der Waals surface area contributed by atoms with Crippen LogP contribution in [0.1, 0.15) is 31.1 Å². The van der Waals surface area contributed by atoms with Gasteiger partial charge in [-0.2, -0.15) is 0 Å². The van der Waals surface area contributed by atoms with Gasteiger partial charge in [-0.1, -0.05) is 13.8 Å². The van der Waals surface area contributed by atoms with Crippen molar-refractivity contribution < 1.29 is 23.5 Å². The minimum Gasteiger partial charge on any atom is -0.494 e. The lowest BCUT2D eigenvalue weighted by molar-refractivity contribution is -0.118. The number of nitrogens with one attached hydrogen (secondary N) is 2. The van der Waals surface area contributed by atoms with Crippen LogP contribution in [0.25, 0.3) is 0 Å². The SMILES string of the molecule is CCOc1ccc(C(=O)NC(C(=O)Nc2ccc(F)cc2OC)C(C)C)cc1. The largest absolute Gasteiger partial charge is 0.494 e. The monoisotopic (exact) mass is 388 g/mol. The van der Waals surface area contributed by atoms with Crippen LogP contribution < -0.4 is 20.1 Å². The number of halogens is 1. The minimum atomic E-state index is -0.783. The fraction of sp³-hybridized carbons (Fsp3) is 0.333. The van der Waals surface area contributed by atoms with E-state index in [2.05, 4.69) is 10.6 Å². The Morgan fingerprint density at radius 2 is 1.79 bits per heavy atom. The lowest BCUT2D eigenvalue weighted by atomic mass is 10.0. The molecular weight excluding hydrogens is 363 g/mol. The van der Waals surface area contributed by atoms with Crippen LogP contribution in [0.2, 0.25) is 0 Å². The van der Waals surface area contributed by atoms with Crippen molar-refractivity contribution in [2.24, 2.45) is 5.92 Å². The van der Waals surface area contributed by atoms with Crippen LogP contribution in [-0.4, -0.2) is 31.6 Å². The van der Waals surface area contributed by atoms with Gasteiger partial charge in [0.05, 0.1) is 19.4 Å². The maximum Gasteiger partial charge on any atom is 0.251 e. The number of methoxy groups -OCH3 is 1. The maximum absolute atomic E-state index is 13.3. The van der Waals surface area contributed by atoms with Crippen molar-refractivity contribution in [3.63, 3.8) is 0 Å². The highest BCUT2D eigenvalue weighted by Gasteiger charge is 2.25. The van der Waals surface area contributed by atoms with Crippen molar-refractivity contribution in [3.8, 4) is 11.5 Å². The van der Waals surface area contributed by atoms with Gasteiger partial charge in [0.2, 0.25) is 5.91 Å². The molecule has 2 N–H and O–H groups in total. The highest BCUT2D eigenvalue weighted by atomic mass is 19.1. The third-order valence-electron chi connectivity index (χ3n) is 4.08. The molecule has 0 spiro atoms. The molecule has 0 saturated heterocycles. The summed E-state index contributed by atoms with van der Waals surface area (Å²) in [6.07, 6.45) is 0. The van der Waals surface area contributed by atoms with Crippen molar-refractivity contribution in [1.82, 2.24) is 5.32 Å². The molecule has 2 rings (SSSR count). The standard InChI is InChI=1S/C21H25FN2O4/c1-5-28-16-9-6-14(7-10-16)20(25)24-19(13(2)3)21(26)23-17-11-8-15(22)12-18(17)27-4/h6-13,19H,5H2,1-4H3,(H,23,26)(H,24,25). The van der Waals surface area contributed by atoms with Crippen LogP contribution in [0.3, 0.4) is 0 Å². The molecule has 0 radical (unpaired) electrons. The summed E-state index contributed by atoms with van der Waals surface area (Å²) in [4.78, 5) is 25.3. The van der Waals surface area contributed by atoms with E-state index in [1.165, 1.54) is 25.3 Å². The van der Waals surface area contributed by atoms with Gasteiger partial charge in [0, 0.05) is 11.6 Å². The summed E-state index contributed by atoms with van der Waals surface area (Å²) in [6.45, 7) is 6.06. The van der Waals surface area contributed by atoms with Gasteiger partial charge in [0.15, 0.2) is 0 Å². The number of carbonyl (C=O) groups is 2. The summed E-state index contributed by atoms with van der Waals surface area (Å²) in [5.74, 6) is -0.561. The van der Waals surface area contributed by atoms with Gasteiger partial charge in [-0.25, -0.2) is 4.39 Å². The number of amides is 2. The van der Waals surface area contributed by atoms with E-state index in [0.29, 0.717) is 23.6 Å². The smallest absolute Gasteiger partial charge is 0.251 e. The number of benzene rings is 2. The minimum absolute atomic E-state index is 0.168. The van der Waals surface area contributed by atoms with Gasteiger partial charge in [-0.05, 0) is 49.2 Å². The topological polar surface area (TPSA) is 76.7 Å². The van der Waals surface area contributed by atoms with Crippen LogP contribution in [0.4, 0.5) is 10.1 Å². The van der Waals surface area contributed by atoms with E-state index in [4.69, 9.17) is 9.47 Å². The van der Waals surface area contributed by atoms with Gasteiger partial charge in [-0.15, -0.1) is 0 Å². The molecule has 7 heteroatoms. The highest BCUT2D eigenvalue weighted by molar-refractivity contribution is 6.01. The zero-order valence-corrected chi connectivity index (χ0v) is 16.4. The average Bonchev–Trinajstić information content (AvgIpc) is 2.67. The Balaban J connectivity index is 2.11. The van der Waals surface area contributed by atoms with E-state index in [1.807, 2.05) is 20.8 Å². The average molecular weight is 388 g/mol. The van der Waals surface area contributed by atoms with Crippen LogP contribution in [0.15, 0.2) is 42.5 Å². The summed E-state index contributed by atoms with van der Waals surface area (Å²) < 4.78 is 23.8. The molecule has 0 bridgehead atoms. The van der Waals surface area contributed by atoms with Gasteiger partial charge >= 0.3 is 0 Å². The molecule has 2 aromatic carbocycles. The molecule has 2 aromatic rings. The zero-order valence-electron chi connectivity index (χ0n) is 16.4. The molecule has 0 aliphatic rings. The zero-order chi connectivity index (χ0) is 20.7. The molecule has 0 heterocycles. The maximum atomic E-state index is 13.3. The second-order valence-electron chi connectivity index (χ2n) is 6.49. The Morgan fingerprint density at radius 1 is 1.11 bits per heavy atom. The summed E-state index contributed by atoms with van der Waals surface area (Å²) in [5, 5.41) is 5.43. The molecule has 0 aliphatic carbocycles. The Labute approximate surface area is 164 Å². The molecule has 0 aromatic heterocycles. The van der Waals surface area contributed by atoms with Crippen molar-refractivity contribution in [1.29, 1.82) is 0 Å². The van der Waals surface area contributed by atoms with Gasteiger partial charge in [-0.3, -0.25) is 9.59 Å². The molecule has 150 valence electrons. The van der Waals surface area contributed by atoms with Gasteiger partial charge < -0.3 is 20.1 Å². The summed E-state index contributed by atoms with van der Waals surface area (Å²) in [7, 11) is 1.39. The summed E-state index contributed by atoms with van der Waals surface area (Å²) in [5.41, 5.74) is 0.746. The Bertz CT molecular complexity index is 822. The fourth-order valence-corrected chi connectivity index (χ4v) is 2.61. The second kappa shape index (κ2) is 9.73. The molecule has 1 unspecified atom stereocenters. The van der Waals surface area contributed by atoms with Crippen LogP contribution >= 0.6 is 0 Å². The van der Waals surface area contributed by atoms with E-state index in [-0.39, 0.29) is 17.6 Å². The quantitative estimate of drug-likeness (QED) is 0.724. The van der Waals surface area contributed by atoms with Crippen LogP contribution in [0.5, 0.6) is 11.5 Å². The van der Waals surface area contributed by atoms with E-state index in [0.717, 1.165) is 0 Å². The number of rotatable bonds is 8. The van der Waals surface area contributed by atoms with Crippen LogP contribution in [0, 0.1) is 11.7 Å². The number of anilines is 1. The van der Waals surface area contributed by atoms with Crippen molar-refractivity contribution in [2.75, 3.05) is 19.0 Å². The van der Waals surface area contributed by atoms with Crippen molar-refractivity contribution in [2.45, 2.75) is 26.8 Å². The third-order valence-corrected chi connectivity index (χ3v) is 4.08. The van der Waals surface area contributed by atoms with E-state index in [9.17, 15) is 14.0 Å². The van der Waals surface area contributed by atoms with E-state index in [1.54, 1.807) is 24.3 Å². The highest BCUT2D eigenvalue weighted by Crippen LogP contribution is 2.25. The van der Waals surface area contributed by atoms with Crippen molar-refractivity contribution >= 4 is 17.5 Å². The summed E-state index contributed by atoms with van der Waals surface area (Å²) >= 11 is 0. The number of hydrogen-bond acceptors (Lipinski definition) is 4. The predicted octanol–water partition coefficient (Wildman–Crippen LogP) is 3.63. The fourth-order valence-electron chi connectivity index (χ4n) is 2.61. The molecule has 1 atom stereocenters. The van der Waals surface area contributed by atoms with E-state index >= 15 is 0 Å². The lowest BCUT2D eigenvalue weighted by Gasteiger charge is -2.22. The Kier molecular flexibility index (Phi) is 7.37. The Hall–Kier alpha value is -3.09. The lowest BCUT2D eigenvalue weighted by Crippen LogP contribution is -2.47.